The molecule has 2 N–H and O–H groups in total. The molecule has 2 atom stereocenters. The first-order valence-corrected chi connectivity index (χ1v) is 11.8. The number of hydrogen-bond acceptors (Lipinski definition) is 2. The summed E-state index contributed by atoms with van der Waals surface area (Å²) in [5.41, 5.74) is 0.433. The molecule has 0 unspecified atom stereocenters. The minimum atomic E-state index is -0.609. The highest BCUT2D eigenvalue weighted by atomic mass is 35.5. The molecule has 1 aliphatic rings. The van der Waals surface area contributed by atoms with Gasteiger partial charge in [0.1, 0.15) is 5.82 Å². The maximum absolute atomic E-state index is 14.9. The topological polar surface area (TPSA) is 58.2 Å². The lowest BCUT2D eigenvalue weighted by atomic mass is 9.76. The molecular formula is C25H29Cl2FN2O2. The lowest BCUT2D eigenvalue weighted by Crippen LogP contribution is -2.44. The van der Waals surface area contributed by atoms with Gasteiger partial charge in [0, 0.05) is 17.7 Å². The molecule has 1 aliphatic carbocycles. The van der Waals surface area contributed by atoms with Crippen LogP contribution in [0.4, 0.5) is 4.39 Å². The van der Waals surface area contributed by atoms with Crippen molar-refractivity contribution in [1.82, 2.24) is 10.6 Å². The van der Waals surface area contributed by atoms with E-state index < -0.39 is 17.8 Å². The van der Waals surface area contributed by atoms with Crippen molar-refractivity contribution in [2.45, 2.75) is 52.0 Å². The average molecular weight is 479 g/mol. The van der Waals surface area contributed by atoms with Crippen molar-refractivity contribution < 1.29 is 14.0 Å². The smallest absolute Gasteiger partial charge is 0.251 e. The third kappa shape index (κ3) is 5.44. The van der Waals surface area contributed by atoms with E-state index in [9.17, 15) is 14.0 Å². The lowest BCUT2D eigenvalue weighted by molar-refractivity contribution is -0.126. The second-order valence-corrected chi connectivity index (χ2v) is 9.53. The van der Waals surface area contributed by atoms with Crippen LogP contribution in [0.2, 0.25) is 10.0 Å². The van der Waals surface area contributed by atoms with E-state index >= 15 is 0 Å². The van der Waals surface area contributed by atoms with Gasteiger partial charge in [-0.05, 0) is 48.9 Å². The molecule has 3 rings (SSSR count). The molecule has 0 spiro atoms. The fourth-order valence-electron chi connectivity index (χ4n) is 4.46. The SMILES string of the molecule is CC[C@@H](CNC(=O)c1ccccc1)C(=O)N[C@H](c1c(F)ccc(Cl)c1Cl)C1(C)CCCC1. The fraction of sp³-hybridized carbons (Fsp3) is 0.440. The van der Waals surface area contributed by atoms with Crippen LogP contribution in [0.1, 0.15) is 67.9 Å². The monoisotopic (exact) mass is 478 g/mol. The number of carbonyl (C=O) groups excluding carboxylic acids is 2. The Balaban J connectivity index is 1.80. The van der Waals surface area contributed by atoms with Gasteiger partial charge in [-0.3, -0.25) is 9.59 Å². The highest BCUT2D eigenvalue weighted by molar-refractivity contribution is 6.42. The number of carbonyl (C=O) groups is 2. The molecule has 0 aromatic heterocycles. The number of amides is 2. The zero-order valence-corrected chi connectivity index (χ0v) is 19.9. The summed E-state index contributed by atoms with van der Waals surface area (Å²) in [5, 5.41) is 6.29. The molecule has 0 bridgehead atoms. The molecule has 2 amide bonds. The molecule has 2 aromatic rings. The third-order valence-corrected chi connectivity index (χ3v) is 7.32. The largest absolute Gasteiger partial charge is 0.351 e. The summed E-state index contributed by atoms with van der Waals surface area (Å²) in [4.78, 5) is 25.6. The highest BCUT2D eigenvalue weighted by Gasteiger charge is 2.42. The van der Waals surface area contributed by atoms with Crippen LogP contribution in [0, 0.1) is 17.2 Å². The van der Waals surface area contributed by atoms with Crippen LogP contribution in [0.3, 0.4) is 0 Å². The second-order valence-electron chi connectivity index (χ2n) is 8.74. The quantitative estimate of drug-likeness (QED) is 0.435. The van der Waals surface area contributed by atoms with Crippen molar-refractivity contribution in [3.8, 4) is 0 Å². The number of hydrogen-bond donors (Lipinski definition) is 2. The Kier molecular flexibility index (Phi) is 8.18. The molecule has 0 heterocycles. The van der Waals surface area contributed by atoms with Gasteiger partial charge in [0.15, 0.2) is 0 Å². The Bertz CT molecular complexity index is 962. The molecular weight excluding hydrogens is 450 g/mol. The van der Waals surface area contributed by atoms with Crippen LogP contribution in [-0.2, 0) is 4.79 Å². The molecule has 32 heavy (non-hydrogen) atoms. The van der Waals surface area contributed by atoms with Gasteiger partial charge in [-0.1, -0.05) is 68.1 Å². The van der Waals surface area contributed by atoms with Crippen molar-refractivity contribution in [1.29, 1.82) is 0 Å². The van der Waals surface area contributed by atoms with E-state index in [1.54, 1.807) is 24.3 Å². The Labute approximate surface area is 198 Å². The molecule has 7 heteroatoms. The molecule has 2 aromatic carbocycles. The van der Waals surface area contributed by atoms with Crippen molar-refractivity contribution in [3.63, 3.8) is 0 Å². The number of nitrogens with one attached hydrogen (secondary N) is 2. The van der Waals surface area contributed by atoms with E-state index in [4.69, 9.17) is 23.2 Å². The zero-order chi connectivity index (χ0) is 23.3. The van der Waals surface area contributed by atoms with Crippen LogP contribution in [0.5, 0.6) is 0 Å². The molecule has 4 nitrogen and oxygen atoms in total. The van der Waals surface area contributed by atoms with Crippen molar-refractivity contribution in [2.24, 2.45) is 11.3 Å². The van der Waals surface area contributed by atoms with E-state index in [2.05, 4.69) is 17.6 Å². The van der Waals surface area contributed by atoms with Gasteiger partial charge in [-0.25, -0.2) is 4.39 Å². The Morgan fingerprint density at radius 2 is 1.75 bits per heavy atom. The number of benzene rings is 2. The molecule has 0 saturated heterocycles. The number of rotatable bonds is 8. The summed E-state index contributed by atoms with van der Waals surface area (Å²) in [7, 11) is 0. The standard InChI is InChI=1S/C25H29Cl2FN2O2/c1-3-16(15-29-23(31)17-9-5-4-6-10-17)24(32)30-22(25(2)13-7-8-14-25)20-19(28)12-11-18(26)21(20)27/h4-6,9-12,16,22H,3,7-8,13-15H2,1-2H3,(H,29,31)(H,30,32)/t16-,22+/m0/s1. The van der Waals surface area contributed by atoms with Crippen LogP contribution in [-0.4, -0.2) is 18.4 Å². The first kappa shape index (κ1) is 24.5. The zero-order valence-electron chi connectivity index (χ0n) is 18.4. The van der Waals surface area contributed by atoms with Crippen molar-refractivity contribution in [2.75, 3.05) is 6.54 Å². The van der Waals surface area contributed by atoms with E-state index in [0.29, 0.717) is 12.0 Å². The van der Waals surface area contributed by atoms with Gasteiger partial charge in [-0.2, -0.15) is 0 Å². The maximum Gasteiger partial charge on any atom is 0.251 e. The highest BCUT2D eigenvalue weighted by Crippen LogP contribution is 2.50. The predicted molar refractivity (Wildman–Crippen MR) is 126 cm³/mol. The molecule has 0 radical (unpaired) electrons. The first-order chi connectivity index (χ1) is 15.3. The minimum absolute atomic E-state index is 0.135. The predicted octanol–water partition coefficient (Wildman–Crippen LogP) is 6.33. The van der Waals surface area contributed by atoms with Gasteiger partial charge in [0.05, 0.1) is 22.0 Å². The summed E-state index contributed by atoms with van der Waals surface area (Å²) in [6, 6.07) is 11.0. The van der Waals surface area contributed by atoms with E-state index in [1.807, 2.05) is 13.0 Å². The van der Waals surface area contributed by atoms with Gasteiger partial charge < -0.3 is 10.6 Å². The lowest BCUT2D eigenvalue weighted by Gasteiger charge is -2.37. The summed E-state index contributed by atoms with van der Waals surface area (Å²) in [6.45, 7) is 4.13. The van der Waals surface area contributed by atoms with E-state index in [-0.39, 0.29) is 39.4 Å². The minimum Gasteiger partial charge on any atom is -0.351 e. The molecule has 172 valence electrons. The van der Waals surface area contributed by atoms with E-state index in [1.165, 1.54) is 12.1 Å². The van der Waals surface area contributed by atoms with Crippen LogP contribution >= 0.6 is 23.2 Å². The Morgan fingerprint density at radius 1 is 1.09 bits per heavy atom. The van der Waals surface area contributed by atoms with Crippen LogP contribution < -0.4 is 10.6 Å². The Hall–Kier alpha value is -2.11. The van der Waals surface area contributed by atoms with Gasteiger partial charge in [-0.15, -0.1) is 0 Å². The van der Waals surface area contributed by atoms with Gasteiger partial charge >= 0.3 is 0 Å². The van der Waals surface area contributed by atoms with Crippen LogP contribution in [0.15, 0.2) is 42.5 Å². The molecule has 1 saturated carbocycles. The summed E-state index contributed by atoms with van der Waals surface area (Å²) < 4.78 is 14.9. The second kappa shape index (κ2) is 10.7. The molecule has 0 aliphatic heterocycles. The summed E-state index contributed by atoms with van der Waals surface area (Å²) in [5.74, 6) is -1.42. The normalized spacial score (nSPS) is 16.9. The summed E-state index contributed by atoms with van der Waals surface area (Å²) in [6.07, 6.45) is 4.24. The molecule has 1 fully saturated rings. The maximum atomic E-state index is 14.9. The first-order valence-electron chi connectivity index (χ1n) is 11.0. The van der Waals surface area contributed by atoms with Crippen molar-refractivity contribution in [3.05, 3.63) is 69.5 Å². The third-order valence-electron chi connectivity index (χ3n) is 6.51. The summed E-state index contributed by atoms with van der Waals surface area (Å²) >= 11 is 12.6. The van der Waals surface area contributed by atoms with Gasteiger partial charge in [0.2, 0.25) is 5.91 Å². The Morgan fingerprint density at radius 3 is 2.38 bits per heavy atom. The fourth-order valence-corrected chi connectivity index (χ4v) is 4.89. The van der Waals surface area contributed by atoms with Crippen LogP contribution in [0.25, 0.3) is 0 Å². The average Bonchev–Trinajstić information content (AvgIpc) is 3.24. The number of halogens is 3. The van der Waals surface area contributed by atoms with Crippen molar-refractivity contribution >= 4 is 35.0 Å². The van der Waals surface area contributed by atoms with Gasteiger partial charge in [0.25, 0.3) is 5.91 Å². The van der Waals surface area contributed by atoms with E-state index in [0.717, 1.165) is 25.7 Å².